The van der Waals surface area contributed by atoms with Gasteiger partial charge in [0.25, 0.3) is 0 Å². The lowest BCUT2D eigenvalue weighted by atomic mass is 9.87. The summed E-state index contributed by atoms with van der Waals surface area (Å²) in [5.74, 6) is -0.483. The molecular formula is C17H16FN5O5S. The number of nitrogen functional groups attached to an aromatic ring is 1. The van der Waals surface area contributed by atoms with Crippen LogP contribution < -0.4 is 5.73 Å². The van der Waals surface area contributed by atoms with Crippen LogP contribution in [-0.2, 0) is 15.0 Å². The third kappa shape index (κ3) is 3.14. The number of anilines is 1. The molecule has 4 rings (SSSR count). The Morgan fingerprint density at radius 2 is 2.00 bits per heavy atom. The molecule has 1 aliphatic rings. The lowest BCUT2D eigenvalue weighted by Gasteiger charge is -2.24. The van der Waals surface area contributed by atoms with Gasteiger partial charge < -0.3 is 15.6 Å². The van der Waals surface area contributed by atoms with Crippen molar-refractivity contribution in [1.82, 2.24) is 19.5 Å². The molecule has 10 nitrogen and oxygen atoms in total. The summed E-state index contributed by atoms with van der Waals surface area (Å²) in [4.78, 5) is 24.5. The Morgan fingerprint density at radius 1 is 1.31 bits per heavy atom. The minimum Gasteiger partial charge on any atom is -0.382 e. The van der Waals surface area contributed by atoms with Crippen LogP contribution in [0.25, 0.3) is 11.2 Å². The Morgan fingerprint density at radius 3 is 2.66 bits per heavy atom. The minimum absolute atomic E-state index is 0.0260. The minimum atomic E-state index is -4.88. The third-order valence-electron chi connectivity index (χ3n) is 5.01. The summed E-state index contributed by atoms with van der Waals surface area (Å²) in [5.41, 5.74) is 4.67. The van der Waals surface area contributed by atoms with E-state index in [0.29, 0.717) is 11.2 Å². The number of aromatic nitrogens is 4. The zero-order chi connectivity index (χ0) is 21.0. The number of rotatable bonds is 4. The number of carbonyl (C=O) groups excluding carboxylic acids is 1. The normalized spacial score (nSPS) is 24.8. The van der Waals surface area contributed by atoms with E-state index in [1.54, 1.807) is 11.5 Å². The number of ether oxygens (including phenoxy) is 1. The average Bonchev–Trinajstić information content (AvgIpc) is 3.23. The van der Waals surface area contributed by atoms with E-state index in [-0.39, 0.29) is 17.8 Å². The summed E-state index contributed by atoms with van der Waals surface area (Å²) >= 11 is 0. The van der Waals surface area contributed by atoms with Gasteiger partial charge in [0.15, 0.2) is 22.8 Å². The number of Topliss-reactive ketones (excluding diaryl/α,β-unsaturated/α-hetero) is 1. The first-order valence-electron chi connectivity index (χ1n) is 8.51. The average molecular weight is 421 g/mol. The van der Waals surface area contributed by atoms with Crippen molar-refractivity contribution >= 4 is 33.0 Å². The van der Waals surface area contributed by atoms with Crippen LogP contribution in [0, 0.1) is 0 Å². The van der Waals surface area contributed by atoms with Crippen molar-refractivity contribution in [3.05, 3.63) is 42.5 Å². The molecule has 29 heavy (non-hydrogen) atoms. The van der Waals surface area contributed by atoms with Gasteiger partial charge in [0.2, 0.25) is 0 Å². The number of imidazole rings is 1. The molecule has 0 saturated carbocycles. The van der Waals surface area contributed by atoms with Crippen LogP contribution >= 0.6 is 0 Å². The molecule has 0 unspecified atom stereocenters. The molecule has 152 valence electrons. The topological polar surface area (TPSA) is 150 Å². The fraction of sp³-hybridized carbons (Fsp3) is 0.294. The maximum atomic E-state index is 13.0. The van der Waals surface area contributed by atoms with E-state index >= 15 is 0 Å². The number of hydrogen-bond donors (Lipinski definition) is 2. The number of ketones is 1. The second-order valence-electron chi connectivity index (χ2n) is 6.74. The van der Waals surface area contributed by atoms with Crippen LogP contribution in [0.1, 0.15) is 29.9 Å². The highest BCUT2D eigenvalue weighted by molar-refractivity contribution is 7.86. The molecule has 1 aromatic carbocycles. The maximum absolute atomic E-state index is 13.0. The van der Waals surface area contributed by atoms with Crippen LogP contribution in [0.2, 0.25) is 0 Å². The van der Waals surface area contributed by atoms with Crippen molar-refractivity contribution in [1.29, 1.82) is 0 Å². The van der Waals surface area contributed by atoms with E-state index in [2.05, 4.69) is 15.0 Å². The van der Waals surface area contributed by atoms with E-state index in [9.17, 15) is 22.2 Å². The Labute approximate surface area is 164 Å². The highest BCUT2D eigenvalue weighted by Crippen LogP contribution is 2.40. The molecule has 0 aliphatic carbocycles. The number of halogens is 1. The zero-order valence-corrected chi connectivity index (χ0v) is 15.9. The van der Waals surface area contributed by atoms with Gasteiger partial charge in [-0.1, -0.05) is 0 Å². The van der Waals surface area contributed by atoms with E-state index in [0.717, 1.165) is 24.3 Å². The van der Waals surface area contributed by atoms with Crippen LogP contribution in [0.3, 0.4) is 0 Å². The van der Waals surface area contributed by atoms with Crippen molar-refractivity contribution in [3.63, 3.8) is 0 Å². The lowest BCUT2D eigenvalue weighted by molar-refractivity contribution is -0.0346. The quantitative estimate of drug-likeness (QED) is 0.464. The van der Waals surface area contributed by atoms with Gasteiger partial charge in [-0.05, 0) is 31.2 Å². The van der Waals surface area contributed by atoms with Crippen LogP contribution in [-0.4, -0.2) is 50.5 Å². The van der Waals surface area contributed by atoms with E-state index in [4.69, 9.17) is 10.5 Å². The number of nitrogens with zero attached hydrogens (tertiary/aromatic N) is 4. The Kier molecular flexibility index (Phi) is 4.37. The largest absolute Gasteiger partial charge is 0.382 e. The molecule has 3 aromatic rings. The van der Waals surface area contributed by atoms with Gasteiger partial charge in [-0.2, -0.15) is 8.42 Å². The Bertz CT molecular complexity index is 1210. The molecule has 12 heteroatoms. The standard InChI is InChI=1S/C17H16FN5O5S/c1-9-17(25,14(24)10-2-4-11(5-3-10)29(18,26)27)6-12(28-9)23-8-22-13-15(19)20-7-21-16(13)23/h2-5,7-9,12,25H,6H2,1H3,(H2,19,20,21)/t9-,12-,17+/m1/s1. The fourth-order valence-electron chi connectivity index (χ4n) is 3.37. The first-order valence-corrected chi connectivity index (χ1v) is 9.90. The first-order chi connectivity index (χ1) is 13.6. The van der Waals surface area contributed by atoms with Gasteiger partial charge in [0.05, 0.1) is 17.3 Å². The Balaban J connectivity index is 1.64. The van der Waals surface area contributed by atoms with Gasteiger partial charge >= 0.3 is 10.2 Å². The number of hydrogen-bond acceptors (Lipinski definition) is 9. The second kappa shape index (κ2) is 6.54. The van der Waals surface area contributed by atoms with Crippen LogP contribution in [0.4, 0.5) is 9.70 Å². The number of aliphatic hydroxyl groups is 1. The van der Waals surface area contributed by atoms with E-state index in [1.807, 2.05) is 0 Å². The molecule has 1 saturated heterocycles. The highest BCUT2D eigenvalue weighted by Gasteiger charge is 2.51. The highest BCUT2D eigenvalue weighted by atomic mass is 32.3. The van der Waals surface area contributed by atoms with Crippen molar-refractivity contribution in [2.45, 2.75) is 36.2 Å². The van der Waals surface area contributed by atoms with Crippen molar-refractivity contribution in [3.8, 4) is 0 Å². The fourth-order valence-corrected chi connectivity index (χ4v) is 3.83. The third-order valence-corrected chi connectivity index (χ3v) is 5.84. The summed E-state index contributed by atoms with van der Waals surface area (Å²) < 4.78 is 42.3. The molecule has 3 heterocycles. The van der Waals surface area contributed by atoms with Gasteiger partial charge in [-0.3, -0.25) is 9.36 Å². The van der Waals surface area contributed by atoms with Gasteiger partial charge in [-0.25, -0.2) is 15.0 Å². The SMILES string of the molecule is C[C@H]1O[C@@H](n2cnc3c(N)ncnc32)C[C@@]1(O)C(=O)c1ccc(S(=O)(=O)F)cc1. The van der Waals surface area contributed by atoms with Gasteiger partial charge in [-0.15, -0.1) is 3.89 Å². The smallest absolute Gasteiger partial charge is 0.332 e. The summed E-state index contributed by atoms with van der Waals surface area (Å²) in [7, 11) is -4.88. The molecule has 0 amide bonds. The molecule has 0 bridgehead atoms. The zero-order valence-electron chi connectivity index (χ0n) is 15.1. The molecule has 1 fully saturated rings. The molecule has 2 aromatic heterocycles. The van der Waals surface area contributed by atoms with Crippen molar-refractivity contribution < 1.29 is 26.9 Å². The number of carbonyl (C=O) groups is 1. The number of benzene rings is 1. The number of nitrogens with two attached hydrogens (primary N) is 1. The molecule has 3 atom stereocenters. The van der Waals surface area contributed by atoms with Crippen LogP contribution in [0.5, 0.6) is 0 Å². The van der Waals surface area contributed by atoms with Gasteiger partial charge in [0.1, 0.15) is 18.1 Å². The molecule has 1 aliphatic heterocycles. The molecular weight excluding hydrogens is 405 g/mol. The van der Waals surface area contributed by atoms with Gasteiger partial charge in [0, 0.05) is 12.0 Å². The summed E-state index contributed by atoms with van der Waals surface area (Å²) in [6, 6.07) is 4.22. The maximum Gasteiger partial charge on any atom is 0.332 e. The summed E-state index contributed by atoms with van der Waals surface area (Å²) in [6.07, 6.45) is 0.965. The van der Waals surface area contributed by atoms with E-state index in [1.165, 1.54) is 12.7 Å². The Hall–Kier alpha value is -2.96. The summed E-state index contributed by atoms with van der Waals surface area (Å²) in [5, 5.41) is 11.0. The monoisotopic (exact) mass is 421 g/mol. The van der Waals surface area contributed by atoms with Crippen molar-refractivity contribution in [2.75, 3.05) is 5.73 Å². The molecule has 0 radical (unpaired) electrons. The lowest BCUT2D eigenvalue weighted by Crippen LogP contribution is -2.44. The van der Waals surface area contributed by atoms with Crippen molar-refractivity contribution in [2.24, 2.45) is 0 Å². The second-order valence-corrected chi connectivity index (χ2v) is 8.08. The van der Waals surface area contributed by atoms with Crippen LogP contribution in [0.15, 0.2) is 41.8 Å². The van der Waals surface area contributed by atoms with E-state index < -0.39 is 38.8 Å². The molecule has 0 spiro atoms. The summed E-state index contributed by atoms with van der Waals surface area (Å²) in [6.45, 7) is 1.54. The predicted octanol–water partition coefficient (Wildman–Crippen LogP) is 0.988. The number of fused-ring (bicyclic) bond motifs is 1. The first kappa shape index (κ1) is 19.4. The predicted molar refractivity (Wildman–Crippen MR) is 98.0 cm³/mol. The molecule has 3 N–H and O–H groups in total.